The second-order valence-electron chi connectivity index (χ2n) is 12.6. The fourth-order valence-corrected chi connectivity index (χ4v) is 7.08. The van der Waals surface area contributed by atoms with Gasteiger partial charge in [0.2, 0.25) is 5.89 Å². The van der Waals surface area contributed by atoms with Crippen LogP contribution < -0.4 is 0 Å². The molecule has 238 valence electrons. The molecule has 0 saturated heterocycles. The van der Waals surface area contributed by atoms with Crippen LogP contribution in [-0.4, -0.2) is 19.9 Å². The minimum atomic E-state index is 0.617. The van der Waals surface area contributed by atoms with Gasteiger partial charge in [-0.15, -0.1) is 0 Å². The number of oxazole rings is 1. The maximum Gasteiger partial charge on any atom is 0.227 e. The smallest absolute Gasteiger partial charge is 0.227 e. The van der Waals surface area contributed by atoms with E-state index in [1.807, 2.05) is 78.9 Å². The second kappa shape index (κ2) is 11.9. The molecule has 0 fully saturated rings. The van der Waals surface area contributed by atoms with E-state index in [9.17, 15) is 0 Å². The van der Waals surface area contributed by atoms with Crippen molar-refractivity contribution in [2.75, 3.05) is 0 Å². The molecular formula is C46H28N4O. The molecule has 5 heteroatoms. The predicted molar refractivity (Wildman–Crippen MR) is 207 cm³/mol. The first kappa shape index (κ1) is 29.0. The molecule has 10 aromatic rings. The highest BCUT2D eigenvalue weighted by Crippen LogP contribution is 2.39. The van der Waals surface area contributed by atoms with Crippen LogP contribution in [0.25, 0.3) is 100 Å². The molecule has 2 heterocycles. The average molecular weight is 653 g/mol. The molecule has 51 heavy (non-hydrogen) atoms. The summed E-state index contributed by atoms with van der Waals surface area (Å²) in [5.41, 5.74) is 7.56. The highest BCUT2D eigenvalue weighted by atomic mass is 16.3. The van der Waals surface area contributed by atoms with Gasteiger partial charge < -0.3 is 4.42 Å². The molecule has 8 aromatic carbocycles. The van der Waals surface area contributed by atoms with Crippen LogP contribution in [0.5, 0.6) is 0 Å². The number of hydrogen-bond donors (Lipinski definition) is 0. The van der Waals surface area contributed by atoms with E-state index in [0.29, 0.717) is 23.4 Å². The Hall–Kier alpha value is -6.98. The Morgan fingerprint density at radius 1 is 0.353 bits per heavy atom. The number of fused-ring (bicyclic) bond motifs is 7. The van der Waals surface area contributed by atoms with E-state index in [-0.39, 0.29) is 0 Å². The normalized spacial score (nSPS) is 11.5. The van der Waals surface area contributed by atoms with Gasteiger partial charge in [0.05, 0.1) is 0 Å². The van der Waals surface area contributed by atoms with Crippen LogP contribution in [0.15, 0.2) is 174 Å². The van der Waals surface area contributed by atoms with Crippen molar-refractivity contribution in [3.05, 3.63) is 170 Å². The quantitative estimate of drug-likeness (QED) is 0.173. The first-order valence-electron chi connectivity index (χ1n) is 17.0. The molecule has 10 rings (SSSR count). The first-order valence-corrected chi connectivity index (χ1v) is 17.0. The summed E-state index contributed by atoms with van der Waals surface area (Å²) in [6.07, 6.45) is 0. The van der Waals surface area contributed by atoms with Gasteiger partial charge >= 0.3 is 0 Å². The minimum absolute atomic E-state index is 0.617. The Kier molecular flexibility index (Phi) is 6.74. The van der Waals surface area contributed by atoms with Crippen molar-refractivity contribution in [1.82, 2.24) is 19.9 Å². The molecule has 0 aliphatic heterocycles. The summed E-state index contributed by atoms with van der Waals surface area (Å²) < 4.78 is 6.53. The van der Waals surface area contributed by atoms with Gasteiger partial charge in [0.15, 0.2) is 23.1 Å². The molecule has 0 radical (unpaired) electrons. The summed E-state index contributed by atoms with van der Waals surface area (Å²) in [4.78, 5) is 20.1. The van der Waals surface area contributed by atoms with Crippen molar-refractivity contribution in [3.8, 4) is 56.7 Å². The molecule has 2 aromatic heterocycles. The summed E-state index contributed by atoms with van der Waals surface area (Å²) >= 11 is 0. The van der Waals surface area contributed by atoms with Gasteiger partial charge in [-0.3, -0.25) is 0 Å². The Bertz CT molecular complexity index is 2900. The third kappa shape index (κ3) is 5.03. The lowest BCUT2D eigenvalue weighted by atomic mass is 9.95. The summed E-state index contributed by atoms with van der Waals surface area (Å²) in [7, 11) is 0. The zero-order valence-electron chi connectivity index (χ0n) is 27.4. The van der Waals surface area contributed by atoms with E-state index in [0.717, 1.165) is 76.8 Å². The van der Waals surface area contributed by atoms with Crippen molar-refractivity contribution in [2.45, 2.75) is 0 Å². The molecule has 0 unspecified atom stereocenters. The second-order valence-corrected chi connectivity index (χ2v) is 12.6. The van der Waals surface area contributed by atoms with Crippen LogP contribution in [0, 0.1) is 0 Å². The van der Waals surface area contributed by atoms with E-state index >= 15 is 0 Å². The monoisotopic (exact) mass is 652 g/mol. The number of aromatic nitrogens is 4. The van der Waals surface area contributed by atoms with Crippen LogP contribution in [0.2, 0.25) is 0 Å². The van der Waals surface area contributed by atoms with E-state index in [2.05, 4.69) is 91.0 Å². The van der Waals surface area contributed by atoms with Crippen LogP contribution in [0.3, 0.4) is 0 Å². The van der Waals surface area contributed by atoms with E-state index in [1.54, 1.807) is 0 Å². The highest BCUT2D eigenvalue weighted by Gasteiger charge is 2.18. The third-order valence-corrected chi connectivity index (χ3v) is 9.53. The van der Waals surface area contributed by atoms with Crippen LogP contribution >= 0.6 is 0 Å². The summed E-state index contributed by atoms with van der Waals surface area (Å²) in [6.45, 7) is 0. The van der Waals surface area contributed by atoms with Gasteiger partial charge in [0.25, 0.3) is 0 Å². The Balaban J connectivity index is 1.17. The Morgan fingerprint density at radius 2 is 0.902 bits per heavy atom. The van der Waals surface area contributed by atoms with Gasteiger partial charge in [-0.1, -0.05) is 146 Å². The number of benzene rings is 8. The number of rotatable bonds is 5. The summed E-state index contributed by atoms with van der Waals surface area (Å²) in [6, 6.07) is 58.2. The van der Waals surface area contributed by atoms with Crippen LogP contribution in [0.4, 0.5) is 0 Å². The zero-order valence-corrected chi connectivity index (χ0v) is 27.4. The van der Waals surface area contributed by atoms with Gasteiger partial charge in [-0.05, 0) is 56.9 Å². The van der Waals surface area contributed by atoms with E-state index in [4.69, 9.17) is 24.4 Å². The van der Waals surface area contributed by atoms with Gasteiger partial charge in [0, 0.05) is 33.0 Å². The maximum atomic E-state index is 6.53. The molecule has 0 atom stereocenters. The lowest BCUT2D eigenvalue weighted by molar-refractivity contribution is 0.623. The first-order chi connectivity index (χ1) is 25.3. The van der Waals surface area contributed by atoms with Gasteiger partial charge in [-0.2, -0.15) is 0 Å². The molecule has 5 nitrogen and oxygen atoms in total. The van der Waals surface area contributed by atoms with E-state index < -0.39 is 0 Å². The SMILES string of the molecule is c1ccc(-c2nc(-c3ccc4c(ccc5ccc6ccc7nc(-c8ccccc8)oc7c6c54)c3)nc(-c3ccccc3-c3ccccc3)n2)cc1. The van der Waals surface area contributed by atoms with Crippen molar-refractivity contribution in [2.24, 2.45) is 0 Å². The Morgan fingerprint density at radius 3 is 1.63 bits per heavy atom. The molecule has 0 amide bonds. The average Bonchev–Trinajstić information content (AvgIpc) is 3.66. The molecule has 0 saturated carbocycles. The molecule has 0 aliphatic carbocycles. The van der Waals surface area contributed by atoms with Crippen LogP contribution in [-0.2, 0) is 0 Å². The maximum absolute atomic E-state index is 6.53. The fraction of sp³-hybridized carbons (Fsp3) is 0. The van der Waals surface area contributed by atoms with Crippen molar-refractivity contribution in [3.63, 3.8) is 0 Å². The minimum Gasteiger partial charge on any atom is -0.435 e. The molecule has 0 bridgehead atoms. The predicted octanol–water partition coefficient (Wildman–Crippen LogP) is 11.8. The number of nitrogens with zero attached hydrogens (tertiary/aromatic N) is 4. The lowest BCUT2D eigenvalue weighted by Crippen LogP contribution is -2.01. The summed E-state index contributed by atoms with van der Waals surface area (Å²) in [5, 5.41) is 6.65. The molecule has 0 spiro atoms. The van der Waals surface area contributed by atoms with Crippen molar-refractivity contribution >= 4 is 43.4 Å². The third-order valence-electron chi connectivity index (χ3n) is 9.53. The molecule has 0 aliphatic rings. The lowest BCUT2D eigenvalue weighted by Gasteiger charge is -2.13. The zero-order chi connectivity index (χ0) is 33.7. The van der Waals surface area contributed by atoms with Gasteiger partial charge in [-0.25, -0.2) is 19.9 Å². The highest BCUT2D eigenvalue weighted by molar-refractivity contribution is 6.26. The topological polar surface area (TPSA) is 64.7 Å². The van der Waals surface area contributed by atoms with Gasteiger partial charge in [0.1, 0.15) is 5.52 Å². The summed E-state index contributed by atoms with van der Waals surface area (Å²) in [5.74, 6) is 2.49. The molecular weight excluding hydrogens is 625 g/mol. The molecule has 0 N–H and O–H groups in total. The Labute approximate surface area is 293 Å². The number of hydrogen-bond acceptors (Lipinski definition) is 5. The van der Waals surface area contributed by atoms with Crippen molar-refractivity contribution in [1.29, 1.82) is 0 Å². The van der Waals surface area contributed by atoms with Crippen molar-refractivity contribution < 1.29 is 4.42 Å². The van der Waals surface area contributed by atoms with Crippen LogP contribution in [0.1, 0.15) is 0 Å². The largest absolute Gasteiger partial charge is 0.435 e. The fourth-order valence-electron chi connectivity index (χ4n) is 7.08. The standard InChI is InChI=1S/C46H28N4O/c1-4-12-29(13-5-1)36-18-10-11-19-38(36)45-49-43(32-14-6-2-7-15-32)48-44(50-45)35-24-26-37-34(28-35)23-22-30-20-21-31-25-27-39-42(41(31)40(30)37)51-46(47-39)33-16-8-3-9-17-33/h1-28H. The van der Waals surface area contributed by atoms with E-state index in [1.165, 1.54) is 0 Å².